The zero-order chi connectivity index (χ0) is 12.8. The topological polar surface area (TPSA) is 64.3 Å². The largest absolute Gasteiger partial charge is 0.489 e. The van der Waals surface area contributed by atoms with Gasteiger partial charge in [-0.25, -0.2) is 0 Å². The standard InChI is InChI=1S/C13H20N2O2/c1-9-5-4-6-12(7-9)17-10(2)8-15-13(16)11(3)14/h4-7,10-11H,8,14H2,1-3H3,(H,15,16)/t10?,11-/m0/s1. The van der Waals surface area contributed by atoms with Crippen LogP contribution in [0.15, 0.2) is 24.3 Å². The second-order valence-electron chi connectivity index (χ2n) is 4.28. The van der Waals surface area contributed by atoms with Crippen molar-refractivity contribution in [3.05, 3.63) is 29.8 Å². The van der Waals surface area contributed by atoms with Crippen LogP contribution in [0.3, 0.4) is 0 Å². The third-order valence-electron chi connectivity index (χ3n) is 2.30. The Morgan fingerprint density at radius 2 is 2.18 bits per heavy atom. The van der Waals surface area contributed by atoms with Gasteiger partial charge in [-0.15, -0.1) is 0 Å². The highest BCUT2D eigenvalue weighted by Gasteiger charge is 2.09. The summed E-state index contributed by atoms with van der Waals surface area (Å²) in [7, 11) is 0. The van der Waals surface area contributed by atoms with E-state index in [4.69, 9.17) is 10.5 Å². The Kier molecular flexibility index (Phi) is 4.97. The number of nitrogens with one attached hydrogen (secondary N) is 1. The Labute approximate surface area is 102 Å². The summed E-state index contributed by atoms with van der Waals surface area (Å²) >= 11 is 0. The van der Waals surface area contributed by atoms with Crippen molar-refractivity contribution in [2.45, 2.75) is 32.9 Å². The minimum atomic E-state index is -0.485. The minimum Gasteiger partial charge on any atom is -0.489 e. The molecule has 94 valence electrons. The van der Waals surface area contributed by atoms with Gasteiger partial charge in [0.25, 0.3) is 0 Å². The lowest BCUT2D eigenvalue weighted by Crippen LogP contribution is -2.42. The smallest absolute Gasteiger partial charge is 0.236 e. The molecule has 0 aliphatic heterocycles. The van der Waals surface area contributed by atoms with Gasteiger partial charge in [0.15, 0.2) is 0 Å². The van der Waals surface area contributed by atoms with Gasteiger partial charge in [-0.05, 0) is 38.5 Å². The summed E-state index contributed by atoms with van der Waals surface area (Å²) in [5.74, 6) is 0.650. The fourth-order valence-electron chi connectivity index (χ4n) is 1.37. The van der Waals surface area contributed by atoms with Gasteiger partial charge in [-0.1, -0.05) is 12.1 Å². The number of ether oxygens (including phenoxy) is 1. The molecular weight excluding hydrogens is 216 g/mol. The molecule has 0 spiro atoms. The van der Waals surface area contributed by atoms with Crippen molar-refractivity contribution in [1.29, 1.82) is 0 Å². The highest BCUT2D eigenvalue weighted by atomic mass is 16.5. The number of carbonyl (C=O) groups excluding carboxylic acids is 1. The molecule has 4 nitrogen and oxygen atoms in total. The van der Waals surface area contributed by atoms with Gasteiger partial charge in [0.1, 0.15) is 11.9 Å². The Morgan fingerprint density at radius 3 is 2.76 bits per heavy atom. The van der Waals surface area contributed by atoms with E-state index in [-0.39, 0.29) is 12.0 Å². The van der Waals surface area contributed by atoms with E-state index in [0.717, 1.165) is 11.3 Å². The molecule has 0 aliphatic carbocycles. The monoisotopic (exact) mass is 236 g/mol. The van der Waals surface area contributed by atoms with Crippen LogP contribution in [0.2, 0.25) is 0 Å². The molecule has 2 atom stereocenters. The van der Waals surface area contributed by atoms with Crippen molar-refractivity contribution in [2.75, 3.05) is 6.54 Å². The molecule has 1 unspecified atom stereocenters. The summed E-state index contributed by atoms with van der Waals surface area (Å²) < 4.78 is 5.67. The summed E-state index contributed by atoms with van der Waals surface area (Å²) in [6, 6.07) is 7.33. The molecule has 1 rings (SSSR count). The maximum atomic E-state index is 11.3. The maximum absolute atomic E-state index is 11.3. The van der Waals surface area contributed by atoms with Gasteiger partial charge >= 0.3 is 0 Å². The highest BCUT2D eigenvalue weighted by Crippen LogP contribution is 2.13. The normalized spacial score (nSPS) is 13.9. The Balaban J connectivity index is 2.39. The van der Waals surface area contributed by atoms with Crippen LogP contribution < -0.4 is 15.8 Å². The first-order chi connectivity index (χ1) is 7.99. The van der Waals surface area contributed by atoms with Crippen LogP contribution in [0.5, 0.6) is 5.75 Å². The van der Waals surface area contributed by atoms with Crippen LogP contribution in [0.1, 0.15) is 19.4 Å². The second kappa shape index (κ2) is 6.25. The predicted molar refractivity (Wildman–Crippen MR) is 67.9 cm³/mol. The van der Waals surface area contributed by atoms with Gasteiger partial charge in [0, 0.05) is 0 Å². The first-order valence-electron chi connectivity index (χ1n) is 5.75. The SMILES string of the molecule is Cc1cccc(OC(C)CNC(=O)[C@H](C)N)c1. The van der Waals surface area contributed by atoms with Crippen LogP contribution >= 0.6 is 0 Å². The van der Waals surface area contributed by atoms with Crippen molar-refractivity contribution < 1.29 is 9.53 Å². The quantitative estimate of drug-likeness (QED) is 0.808. The molecule has 1 aromatic carbocycles. The molecular formula is C13H20N2O2. The highest BCUT2D eigenvalue weighted by molar-refractivity contribution is 5.80. The van der Waals surface area contributed by atoms with Crippen molar-refractivity contribution in [3.63, 3.8) is 0 Å². The zero-order valence-electron chi connectivity index (χ0n) is 10.6. The van der Waals surface area contributed by atoms with Crippen molar-refractivity contribution in [3.8, 4) is 5.75 Å². The average Bonchev–Trinajstić information content (AvgIpc) is 2.25. The fraction of sp³-hybridized carbons (Fsp3) is 0.462. The average molecular weight is 236 g/mol. The first-order valence-corrected chi connectivity index (χ1v) is 5.75. The second-order valence-corrected chi connectivity index (χ2v) is 4.28. The van der Waals surface area contributed by atoms with Gasteiger partial charge in [-0.2, -0.15) is 0 Å². The zero-order valence-corrected chi connectivity index (χ0v) is 10.6. The van der Waals surface area contributed by atoms with E-state index in [2.05, 4.69) is 5.32 Å². The summed E-state index contributed by atoms with van der Waals surface area (Å²) in [5.41, 5.74) is 6.59. The van der Waals surface area contributed by atoms with E-state index in [0.29, 0.717) is 6.54 Å². The summed E-state index contributed by atoms with van der Waals surface area (Å²) in [6.07, 6.45) is -0.0838. The number of hydrogen-bond acceptors (Lipinski definition) is 3. The van der Waals surface area contributed by atoms with Gasteiger partial charge in [0.05, 0.1) is 12.6 Å². The van der Waals surface area contributed by atoms with Crippen LogP contribution in [-0.4, -0.2) is 24.6 Å². The molecule has 0 saturated carbocycles. The Bertz CT molecular complexity index is 377. The summed E-state index contributed by atoms with van der Waals surface area (Å²) in [5, 5.41) is 2.73. The Morgan fingerprint density at radius 1 is 1.47 bits per heavy atom. The molecule has 0 radical (unpaired) electrons. The van der Waals surface area contributed by atoms with Gasteiger partial charge in [0.2, 0.25) is 5.91 Å². The van der Waals surface area contributed by atoms with E-state index in [1.165, 1.54) is 0 Å². The van der Waals surface area contributed by atoms with E-state index < -0.39 is 6.04 Å². The van der Waals surface area contributed by atoms with Crippen LogP contribution in [0, 0.1) is 6.92 Å². The van der Waals surface area contributed by atoms with Crippen LogP contribution in [0.25, 0.3) is 0 Å². The fourth-order valence-corrected chi connectivity index (χ4v) is 1.37. The van der Waals surface area contributed by atoms with E-state index in [1.54, 1.807) is 6.92 Å². The molecule has 0 aromatic heterocycles. The third-order valence-corrected chi connectivity index (χ3v) is 2.30. The summed E-state index contributed by atoms with van der Waals surface area (Å²) in [6.45, 7) is 6.02. The molecule has 1 aromatic rings. The number of nitrogens with two attached hydrogens (primary N) is 1. The lowest BCUT2D eigenvalue weighted by molar-refractivity contribution is -0.122. The molecule has 17 heavy (non-hydrogen) atoms. The third kappa shape index (κ3) is 4.87. The molecule has 0 aliphatic rings. The van der Waals surface area contributed by atoms with Crippen molar-refractivity contribution >= 4 is 5.91 Å². The first kappa shape index (κ1) is 13.5. The van der Waals surface area contributed by atoms with Gasteiger partial charge < -0.3 is 15.8 Å². The molecule has 1 amide bonds. The van der Waals surface area contributed by atoms with Crippen LogP contribution in [-0.2, 0) is 4.79 Å². The predicted octanol–water partition coefficient (Wildman–Crippen LogP) is 1.23. The lowest BCUT2D eigenvalue weighted by atomic mass is 10.2. The maximum Gasteiger partial charge on any atom is 0.236 e. The minimum absolute atomic E-state index is 0.0838. The molecule has 0 saturated heterocycles. The number of amides is 1. The molecule has 0 fully saturated rings. The number of carbonyl (C=O) groups is 1. The van der Waals surface area contributed by atoms with Crippen molar-refractivity contribution in [1.82, 2.24) is 5.32 Å². The van der Waals surface area contributed by atoms with E-state index in [9.17, 15) is 4.79 Å². The number of aryl methyl sites for hydroxylation is 1. The number of benzene rings is 1. The lowest BCUT2D eigenvalue weighted by Gasteiger charge is -2.16. The van der Waals surface area contributed by atoms with E-state index >= 15 is 0 Å². The van der Waals surface area contributed by atoms with Crippen molar-refractivity contribution in [2.24, 2.45) is 5.73 Å². The number of hydrogen-bond donors (Lipinski definition) is 2. The summed E-state index contributed by atoms with van der Waals surface area (Å²) in [4.78, 5) is 11.3. The Hall–Kier alpha value is -1.55. The molecule has 3 N–H and O–H groups in total. The number of rotatable bonds is 5. The van der Waals surface area contributed by atoms with E-state index in [1.807, 2.05) is 38.1 Å². The van der Waals surface area contributed by atoms with Crippen LogP contribution in [0.4, 0.5) is 0 Å². The molecule has 0 heterocycles. The molecule has 4 heteroatoms. The van der Waals surface area contributed by atoms with Gasteiger partial charge in [-0.3, -0.25) is 4.79 Å². The molecule has 0 bridgehead atoms.